The van der Waals surface area contributed by atoms with Gasteiger partial charge in [0, 0.05) is 33.0 Å². The zero-order chi connectivity index (χ0) is 19.1. The molecule has 0 aliphatic carbocycles. The zero-order valence-corrected chi connectivity index (χ0v) is 16.7. The van der Waals surface area contributed by atoms with E-state index in [4.69, 9.17) is 4.42 Å². The largest absolute Gasteiger partial charge is 0.444 e. The molecule has 0 fully saturated rings. The fourth-order valence-electron chi connectivity index (χ4n) is 3.01. The summed E-state index contributed by atoms with van der Waals surface area (Å²) in [6.45, 7) is 8.39. The summed E-state index contributed by atoms with van der Waals surface area (Å²) in [5, 5.41) is 0. The van der Waals surface area contributed by atoms with Gasteiger partial charge in [-0.15, -0.1) is 0 Å². The van der Waals surface area contributed by atoms with Crippen molar-refractivity contribution in [3.8, 4) is 0 Å². The maximum Gasteiger partial charge on any atom is 0.222 e. The van der Waals surface area contributed by atoms with Crippen LogP contribution in [0.15, 0.2) is 34.9 Å². The maximum atomic E-state index is 12.5. The highest BCUT2D eigenvalue weighted by molar-refractivity contribution is 5.76. The molecule has 1 aromatic heterocycles. The molecule has 0 saturated carbocycles. The van der Waals surface area contributed by atoms with Crippen LogP contribution >= 0.6 is 0 Å². The van der Waals surface area contributed by atoms with Gasteiger partial charge in [0.1, 0.15) is 5.76 Å². The highest BCUT2D eigenvalue weighted by Gasteiger charge is 2.16. The molecule has 1 aromatic carbocycles. The number of carbonyl (C=O) groups excluding carboxylic acids is 1. The summed E-state index contributed by atoms with van der Waals surface area (Å²) in [4.78, 5) is 20.8. The van der Waals surface area contributed by atoms with Gasteiger partial charge >= 0.3 is 0 Å². The number of carbonyl (C=O) groups is 1. The van der Waals surface area contributed by atoms with E-state index in [0.717, 1.165) is 24.6 Å². The number of hydrogen-bond acceptors (Lipinski definition) is 4. The lowest BCUT2D eigenvalue weighted by molar-refractivity contribution is -0.130. The summed E-state index contributed by atoms with van der Waals surface area (Å²) < 4.78 is 5.64. The highest BCUT2D eigenvalue weighted by Crippen LogP contribution is 2.22. The van der Waals surface area contributed by atoms with Crippen molar-refractivity contribution in [1.29, 1.82) is 0 Å². The molecule has 5 heteroatoms. The molecule has 0 bridgehead atoms. The number of amides is 1. The average molecular weight is 357 g/mol. The Hall–Kier alpha value is -2.14. The van der Waals surface area contributed by atoms with Gasteiger partial charge in [-0.25, -0.2) is 4.98 Å². The highest BCUT2D eigenvalue weighted by atomic mass is 16.4. The van der Waals surface area contributed by atoms with E-state index in [1.807, 2.05) is 38.1 Å². The number of nitrogens with zero attached hydrogens (tertiary/aromatic N) is 3. The SMILES string of the molecule is CCc1cnc(CN(C)CCN(C)C(=O)CC(C)c2ccccc2C)o1. The Morgan fingerprint density at radius 1 is 1.23 bits per heavy atom. The first kappa shape index (κ1) is 20.2. The molecule has 1 atom stereocenters. The lowest BCUT2D eigenvalue weighted by atomic mass is 9.93. The molecule has 1 unspecified atom stereocenters. The summed E-state index contributed by atoms with van der Waals surface area (Å²) in [6.07, 6.45) is 3.17. The Morgan fingerprint density at radius 2 is 1.96 bits per heavy atom. The predicted octanol–water partition coefficient (Wildman–Crippen LogP) is 3.63. The Balaban J connectivity index is 1.78. The molecule has 0 saturated heterocycles. The fourth-order valence-corrected chi connectivity index (χ4v) is 3.01. The Labute approximate surface area is 157 Å². The number of aromatic nitrogens is 1. The number of rotatable bonds is 9. The zero-order valence-electron chi connectivity index (χ0n) is 16.7. The second-order valence-corrected chi connectivity index (χ2v) is 7.09. The molecule has 5 nitrogen and oxygen atoms in total. The number of likely N-dealkylation sites (N-methyl/N-ethyl adjacent to an activating group) is 2. The van der Waals surface area contributed by atoms with Crippen LogP contribution in [0, 0.1) is 6.92 Å². The standard InChI is InChI=1S/C21H31N3O2/c1-6-18-14-22-20(26-18)15-23(4)11-12-24(5)21(25)13-17(3)19-10-8-7-9-16(19)2/h7-10,14,17H,6,11-13,15H2,1-5H3. The van der Waals surface area contributed by atoms with E-state index in [1.54, 1.807) is 6.20 Å². The van der Waals surface area contributed by atoms with Gasteiger partial charge in [0.25, 0.3) is 0 Å². The van der Waals surface area contributed by atoms with E-state index in [0.29, 0.717) is 19.5 Å². The molecule has 26 heavy (non-hydrogen) atoms. The molecule has 0 aliphatic rings. The van der Waals surface area contributed by atoms with Crippen molar-refractivity contribution in [2.75, 3.05) is 27.2 Å². The van der Waals surface area contributed by atoms with Crippen molar-refractivity contribution < 1.29 is 9.21 Å². The Bertz CT molecular complexity index is 711. The van der Waals surface area contributed by atoms with Crippen LogP contribution < -0.4 is 0 Å². The van der Waals surface area contributed by atoms with Crippen molar-refractivity contribution in [3.63, 3.8) is 0 Å². The van der Waals surface area contributed by atoms with Crippen molar-refractivity contribution in [2.24, 2.45) is 0 Å². The van der Waals surface area contributed by atoms with Crippen LogP contribution in [-0.4, -0.2) is 47.9 Å². The van der Waals surface area contributed by atoms with E-state index in [1.165, 1.54) is 11.1 Å². The van der Waals surface area contributed by atoms with Crippen LogP contribution in [0.5, 0.6) is 0 Å². The quantitative estimate of drug-likeness (QED) is 0.688. The van der Waals surface area contributed by atoms with E-state index in [2.05, 4.69) is 35.9 Å². The molecule has 0 radical (unpaired) electrons. The van der Waals surface area contributed by atoms with Crippen molar-refractivity contribution in [2.45, 2.75) is 46.1 Å². The second kappa shape index (κ2) is 9.53. The molecule has 2 aromatic rings. The Morgan fingerprint density at radius 3 is 2.62 bits per heavy atom. The molecule has 142 valence electrons. The number of aryl methyl sites for hydroxylation is 2. The average Bonchev–Trinajstić information content (AvgIpc) is 3.07. The lowest BCUT2D eigenvalue weighted by Crippen LogP contribution is -2.35. The predicted molar refractivity (Wildman–Crippen MR) is 104 cm³/mol. The first-order valence-corrected chi connectivity index (χ1v) is 9.32. The van der Waals surface area contributed by atoms with E-state index >= 15 is 0 Å². The summed E-state index contributed by atoms with van der Waals surface area (Å²) in [5.74, 6) is 2.04. The number of hydrogen-bond donors (Lipinski definition) is 0. The number of benzene rings is 1. The van der Waals surface area contributed by atoms with Crippen LogP contribution in [0.2, 0.25) is 0 Å². The van der Waals surface area contributed by atoms with Gasteiger partial charge in [-0.3, -0.25) is 9.69 Å². The van der Waals surface area contributed by atoms with Gasteiger partial charge in [-0.2, -0.15) is 0 Å². The fraction of sp³-hybridized carbons (Fsp3) is 0.524. The molecule has 2 rings (SSSR count). The summed E-state index contributed by atoms with van der Waals surface area (Å²) in [6, 6.07) is 8.28. The minimum Gasteiger partial charge on any atom is -0.444 e. The van der Waals surface area contributed by atoms with Gasteiger partial charge in [-0.1, -0.05) is 38.1 Å². The third kappa shape index (κ3) is 5.70. The van der Waals surface area contributed by atoms with Gasteiger partial charge in [-0.05, 0) is 31.0 Å². The molecule has 1 amide bonds. The van der Waals surface area contributed by atoms with Crippen LogP contribution in [0.1, 0.15) is 49.0 Å². The molecular formula is C21H31N3O2. The smallest absolute Gasteiger partial charge is 0.222 e. The van der Waals surface area contributed by atoms with E-state index in [-0.39, 0.29) is 11.8 Å². The van der Waals surface area contributed by atoms with Gasteiger partial charge in [0.15, 0.2) is 0 Å². The van der Waals surface area contributed by atoms with E-state index in [9.17, 15) is 4.79 Å². The topological polar surface area (TPSA) is 49.6 Å². The van der Waals surface area contributed by atoms with Crippen LogP contribution in [0.4, 0.5) is 0 Å². The third-order valence-corrected chi connectivity index (χ3v) is 4.80. The monoisotopic (exact) mass is 357 g/mol. The first-order valence-electron chi connectivity index (χ1n) is 9.32. The lowest BCUT2D eigenvalue weighted by Gasteiger charge is -2.23. The van der Waals surface area contributed by atoms with E-state index < -0.39 is 0 Å². The van der Waals surface area contributed by atoms with Crippen molar-refractivity contribution in [1.82, 2.24) is 14.8 Å². The van der Waals surface area contributed by atoms with Gasteiger partial charge < -0.3 is 9.32 Å². The second-order valence-electron chi connectivity index (χ2n) is 7.09. The molecule has 1 heterocycles. The minimum absolute atomic E-state index is 0.179. The minimum atomic E-state index is 0.179. The number of oxazole rings is 1. The molecule has 0 spiro atoms. The maximum absolute atomic E-state index is 12.5. The first-order chi connectivity index (χ1) is 12.4. The molecule has 0 aliphatic heterocycles. The summed E-state index contributed by atoms with van der Waals surface area (Å²) >= 11 is 0. The van der Waals surface area contributed by atoms with Crippen molar-refractivity contribution >= 4 is 5.91 Å². The van der Waals surface area contributed by atoms with Gasteiger partial charge in [0.2, 0.25) is 11.8 Å². The summed E-state index contributed by atoms with van der Waals surface area (Å²) in [5.41, 5.74) is 2.49. The van der Waals surface area contributed by atoms with Crippen LogP contribution in [0.3, 0.4) is 0 Å². The normalized spacial score (nSPS) is 12.4. The van der Waals surface area contributed by atoms with Crippen LogP contribution in [-0.2, 0) is 17.8 Å². The molecular weight excluding hydrogens is 326 g/mol. The third-order valence-electron chi connectivity index (χ3n) is 4.80. The summed E-state index contributed by atoms with van der Waals surface area (Å²) in [7, 11) is 3.89. The van der Waals surface area contributed by atoms with Crippen LogP contribution in [0.25, 0.3) is 0 Å². The van der Waals surface area contributed by atoms with Crippen molar-refractivity contribution in [3.05, 3.63) is 53.2 Å². The van der Waals surface area contributed by atoms with Gasteiger partial charge in [0.05, 0.1) is 12.7 Å². The Kier molecular flexibility index (Phi) is 7.39. The molecule has 0 N–H and O–H groups in total.